The van der Waals surface area contributed by atoms with Crippen molar-refractivity contribution in [2.75, 3.05) is 0 Å². The van der Waals surface area contributed by atoms with E-state index in [9.17, 15) is 18.7 Å². The van der Waals surface area contributed by atoms with E-state index in [4.69, 9.17) is 5.73 Å². The summed E-state index contributed by atoms with van der Waals surface area (Å²) in [4.78, 5) is 23.1. The molecule has 2 atom stereocenters. The first-order chi connectivity index (χ1) is 16.9. The number of aromatic nitrogens is 2. The number of amides is 1. The fraction of sp³-hybridized carbons (Fsp3) is 0.185. The smallest absolute Gasteiger partial charge is 0.240 e. The zero-order valence-corrected chi connectivity index (χ0v) is 18.8. The predicted molar refractivity (Wildman–Crippen MR) is 127 cm³/mol. The highest BCUT2D eigenvalue weighted by molar-refractivity contribution is 5.82. The van der Waals surface area contributed by atoms with Crippen LogP contribution in [0.5, 0.6) is 5.75 Å². The zero-order chi connectivity index (χ0) is 24.5. The highest BCUT2D eigenvalue weighted by atomic mass is 19.1. The summed E-state index contributed by atoms with van der Waals surface area (Å²) >= 11 is 0. The summed E-state index contributed by atoms with van der Waals surface area (Å²) in [5.41, 5.74) is 10.4. The molecule has 8 heteroatoms. The number of nitrogens with one attached hydrogen (secondary N) is 1. The lowest BCUT2D eigenvalue weighted by molar-refractivity contribution is -0.136. The summed E-state index contributed by atoms with van der Waals surface area (Å²) in [5.74, 6) is -2.94. The molecule has 4 N–H and O–H groups in total. The summed E-state index contributed by atoms with van der Waals surface area (Å²) in [7, 11) is 0. The number of H-pyrrole nitrogens is 1. The van der Waals surface area contributed by atoms with Crippen molar-refractivity contribution in [3.05, 3.63) is 107 Å². The van der Waals surface area contributed by atoms with Crippen LogP contribution in [0.25, 0.3) is 11.3 Å². The molecule has 0 spiro atoms. The number of phenolic OH excluding ortho intramolecular Hbond substituents is 1. The monoisotopic (exact) mass is 474 g/mol. The van der Waals surface area contributed by atoms with Crippen LogP contribution >= 0.6 is 0 Å². The molecule has 0 fully saturated rings. The van der Waals surface area contributed by atoms with Crippen LogP contribution in [0, 0.1) is 11.6 Å². The highest BCUT2D eigenvalue weighted by Gasteiger charge is 2.35. The van der Waals surface area contributed by atoms with Crippen molar-refractivity contribution < 1.29 is 18.7 Å². The second-order valence-corrected chi connectivity index (χ2v) is 8.72. The van der Waals surface area contributed by atoms with Crippen molar-refractivity contribution in [1.82, 2.24) is 14.9 Å². The van der Waals surface area contributed by atoms with Crippen LogP contribution in [-0.4, -0.2) is 31.9 Å². The van der Waals surface area contributed by atoms with Crippen molar-refractivity contribution in [3.8, 4) is 17.0 Å². The van der Waals surface area contributed by atoms with Gasteiger partial charge in [0, 0.05) is 13.0 Å². The number of carbonyl (C=O) groups is 1. The van der Waals surface area contributed by atoms with E-state index >= 15 is 0 Å². The van der Waals surface area contributed by atoms with Gasteiger partial charge in [0.15, 0.2) is 17.4 Å². The number of aromatic amines is 1. The quantitative estimate of drug-likeness (QED) is 0.403. The van der Waals surface area contributed by atoms with Gasteiger partial charge in [-0.2, -0.15) is 0 Å². The molecule has 1 aromatic heterocycles. The molecule has 178 valence electrons. The number of rotatable bonds is 5. The van der Waals surface area contributed by atoms with E-state index in [2.05, 4.69) is 9.97 Å². The number of fused-ring (bicyclic) bond motifs is 1. The molecule has 1 aliphatic heterocycles. The van der Waals surface area contributed by atoms with E-state index in [0.29, 0.717) is 18.8 Å². The minimum absolute atomic E-state index is 0.0781. The van der Waals surface area contributed by atoms with Crippen LogP contribution in [0.1, 0.15) is 28.6 Å². The number of halogens is 2. The Morgan fingerprint density at radius 3 is 2.46 bits per heavy atom. The molecular formula is C27H24F2N4O2. The summed E-state index contributed by atoms with van der Waals surface area (Å²) in [6.07, 6.45) is 2.22. The van der Waals surface area contributed by atoms with Gasteiger partial charge in [0.1, 0.15) is 5.82 Å². The number of benzene rings is 3. The first-order valence-electron chi connectivity index (χ1n) is 11.3. The Bertz CT molecular complexity index is 1350. The van der Waals surface area contributed by atoms with E-state index in [1.807, 2.05) is 54.6 Å². The number of nitrogens with two attached hydrogens (primary N) is 1. The average molecular weight is 475 g/mol. The van der Waals surface area contributed by atoms with Gasteiger partial charge >= 0.3 is 0 Å². The highest BCUT2D eigenvalue weighted by Crippen LogP contribution is 2.33. The van der Waals surface area contributed by atoms with Gasteiger partial charge in [-0.1, -0.05) is 54.6 Å². The zero-order valence-electron chi connectivity index (χ0n) is 18.8. The summed E-state index contributed by atoms with van der Waals surface area (Å²) in [6, 6.07) is 18.2. The lowest BCUT2D eigenvalue weighted by Crippen LogP contribution is -2.48. The largest absolute Gasteiger partial charge is 0.503 e. The van der Waals surface area contributed by atoms with Gasteiger partial charge < -0.3 is 20.7 Å². The van der Waals surface area contributed by atoms with Gasteiger partial charge in [-0.3, -0.25) is 4.79 Å². The summed E-state index contributed by atoms with van der Waals surface area (Å²) in [5, 5.41) is 9.35. The third kappa shape index (κ3) is 4.52. The molecule has 5 rings (SSSR count). The maximum Gasteiger partial charge on any atom is 0.240 e. The third-order valence-electron chi connectivity index (χ3n) is 6.38. The van der Waals surface area contributed by atoms with E-state index < -0.39 is 23.4 Å². The maximum atomic E-state index is 13.8. The summed E-state index contributed by atoms with van der Waals surface area (Å²) in [6.45, 7) is 0.340. The van der Waals surface area contributed by atoms with Crippen molar-refractivity contribution in [2.45, 2.75) is 31.5 Å². The third-order valence-corrected chi connectivity index (χ3v) is 6.38. The van der Waals surface area contributed by atoms with Crippen LogP contribution in [-0.2, 0) is 24.2 Å². The molecule has 1 amide bonds. The van der Waals surface area contributed by atoms with Crippen LogP contribution in [0.3, 0.4) is 0 Å². The molecule has 35 heavy (non-hydrogen) atoms. The molecule has 0 saturated heterocycles. The Kier molecular flexibility index (Phi) is 6.05. The number of nitrogens with zero attached hydrogens (tertiary/aromatic N) is 2. The second kappa shape index (κ2) is 9.31. The molecule has 3 aromatic carbocycles. The fourth-order valence-corrected chi connectivity index (χ4v) is 4.56. The predicted octanol–water partition coefficient (Wildman–Crippen LogP) is 4.26. The lowest BCUT2D eigenvalue weighted by Gasteiger charge is -2.37. The number of hydrogen-bond donors (Lipinski definition) is 3. The van der Waals surface area contributed by atoms with E-state index in [1.54, 1.807) is 11.1 Å². The Morgan fingerprint density at radius 1 is 1.09 bits per heavy atom. The number of phenols is 1. The standard InChI is InChI=1S/C27H24F2N4O2/c28-20-10-16(11-21(29)25(20)34)12-22(30)27(35)33-15-19-9-5-4-8-18(19)13-24(33)26-31-14-23(32-26)17-6-2-1-3-7-17/h1-11,14,22,24,34H,12-13,15,30H2,(H,31,32)/t22-,24-/m0/s1. The Balaban J connectivity index is 1.44. The van der Waals surface area contributed by atoms with Crippen LogP contribution < -0.4 is 5.73 Å². The molecule has 4 aromatic rings. The number of hydrogen-bond acceptors (Lipinski definition) is 4. The van der Waals surface area contributed by atoms with Gasteiger partial charge in [0.05, 0.1) is 24.0 Å². The van der Waals surface area contributed by atoms with Crippen molar-refractivity contribution >= 4 is 5.91 Å². The lowest BCUT2D eigenvalue weighted by atomic mass is 9.92. The Hall–Kier alpha value is -4.04. The molecule has 0 bridgehead atoms. The molecule has 0 radical (unpaired) electrons. The van der Waals surface area contributed by atoms with E-state index in [1.165, 1.54) is 0 Å². The molecule has 6 nitrogen and oxygen atoms in total. The summed E-state index contributed by atoms with van der Waals surface area (Å²) < 4.78 is 27.6. The Labute approximate surface area is 201 Å². The number of imidazole rings is 1. The first-order valence-corrected chi connectivity index (χ1v) is 11.3. The average Bonchev–Trinajstić information content (AvgIpc) is 3.37. The topological polar surface area (TPSA) is 95.2 Å². The molecular weight excluding hydrogens is 450 g/mol. The normalized spacial score (nSPS) is 16.1. The molecule has 2 heterocycles. The van der Waals surface area contributed by atoms with Crippen LogP contribution in [0.2, 0.25) is 0 Å². The molecule has 1 aliphatic rings. The van der Waals surface area contributed by atoms with Crippen molar-refractivity contribution in [3.63, 3.8) is 0 Å². The fourth-order valence-electron chi connectivity index (χ4n) is 4.56. The van der Waals surface area contributed by atoms with Crippen molar-refractivity contribution in [1.29, 1.82) is 0 Å². The second-order valence-electron chi connectivity index (χ2n) is 8.72. The minimum Gasteiger partial charge on any atom is -0.503 e. The Morgan fingerprint density at radius 2 is 1.74 bits per heavy atom. The molecule has 0 unspecified atom stereocenters. The first kappa shape index (κ1) is 22.7. The molecule has 0 aliphatic carbocycles. The van der Waals surface area contributed by atoms with Gasteiger partial charge in [-0.15, -0.1) is 0 Å². The number of carbonyl (C=O) groups excluding carboxylic acids is 1. The van der Waals surface area contributed by atoms with Crippen LogP contribution in [0.4, 0.5) is 8.78 Å². The van der Waals surface area contributed by atoms with Gasteiger partial charge in [0.25, 0.3) is 0 Å². The van der Waals surface area contributed by atoms with Gasteiger partial charge in [-0.05, 0) is 40.8 Å². The van der Waals surface area contributed by atoms with Crippen molar-refractivity contribution in [2.24, 2.45) is 5.73 Å². The minimum atomic E-state index is -1.09. The van der Waals surface area contributed by atoms with Gasteiger partial charge in [-0.25, -0.2) is 13.8 Å². The maximum absolute atomic E-state index is 13.8. The van der Waals surface area contributed by atoms with E-state index in [0.717, 1.165) is 34.5 Å². The SMILES string of the molecule is N[C@@H](Cc1cc(F)c(O)c(F)c1)C(=O)N1Cc2ccccc2C[C@H]1c1ncc(-c2ccccc2)[nH]1. The van der Waals surface area contributed by atoms with Crippen LogP contribution in [0.15, 0.2) is 72.9 Å². The van der Waals surface area contributed by atoms with Gasteiger partial charge in [0.2, 0.25) is 5.91 Å². The van der Waals surface area contributed by atoms with E-state index in [-0.39, 0.29) is 23.9 Å². The number of aromatic hydroxyl groups is 1. The molecule has 0 saturated carbocycles.